The Balaban J connectivity index is 1.63. The van der Waals surface area contributed by atoms with Crippen LogP contribution in [0.5, 0.6) is 0 Å². The highest BCUT2D eigenvalue weighted by Gasteiger charge is 2.16. The molecule has 0 spiro atoms. The van der Waals surface area contributed by atoms with E-state index in [9.17, 15) is 9.59 Å². The molecule has 0 bridgehead atoms. The van der Waals surface area contributed by atoms with Gasteiger partial charge in [0, 0.05) is 23.1 Å². The highest BCUT2D eigenvalue weighted by Crippen LogP contribution is 2.17. The fraction of sp³-hybridized carbons (Fsp3) is 0.182. The van der Waals surface area contributed by atoms with Crippen molar-refractivity contribution in [2.45, 2.75) is 27.3 Å². The average Bonchev–Trinajstić information content (AvgIpc) is 3.00. The summed E-state index contributed by atoms with van der Waals surface area (Å²) < 4.78 is 2.51. The van der Waals surface area contributed by atoms with Gasteiger partial charge in [-0.05, 0) is 44.5 Å². The van der Waals surface area contributed by atoms with E-state index < -0.39 is 5.69 Å². The van der Waals surface area contributed by atoms with Gasteiger partial charge in [0.25, 0.3) is 0 Å². The minimum atomic E-state index is -0.438. The molecule has 0 saturated heterocycles. The van der Waals surface area contributed by atoms with Gasteiger partial charge in [-0.15, -0.1) is 5.10 Å². The van der Waals surface area contributed by atoms with E-state index in [0.29, 0.717) is 23.0 Å². The lowest BCUT2D eigenvalue weighted by molar-refractivity contribution is -0.117. The van der Waals surface area contributed by atoms with Crippen LogP contribution < -0.4 is 16.3 Å². The smallest absolute Gasteiger partial charge is 0.325 e. The number of aromatic nitrogens is 4. The van der Waals surface area contributed by atoms with Crippen molar-refractivity contribution in [2.75, 3.05) is 10.6 Å². The normalized spacial score (nSPS) is 10.9. The molecule has 2 N–H and O–H groups in total. The molecule has 2 heterocycles. The molecule has 0 unspecified atom stereocenters. The highest BCUT2D eigenvalue weighted by molar-refractivity contribution is 5.91. The summed E-state index contributed by atoms with van der Waals surface area (Å²) in [5.41, 5.74) is 4.27. The fourth-order valence-electron chi connectivity index (χ4n) is 3.27. The maximum atomic E-state index is 13.0. The van der Waals surface area contributed by atoms with Crippen LogP contribution in [0.3, 0.4) is 0 Å². The van der Waals surface area contributed by atoms with Gasteiger partial charge >= 0.3 is 5.69 Å². The molecular weight excluding hydrogens is 380 g/mol. The van der Waals surface area contributed by atoms with Crippen molar-refractivity contribution in [3.63, 3.8) is 0 Å². The van der Waals surface area contributed by atoms with E-state index in [-0.39, 0.29) is 12.5 Å². The van der Waals surface area contributed by atoms with E-state index in [0.717, 1.165) is 21.5 Å². The minimum Gasteiger partial charge on any atom is -0.325 e. The molecule has 30 heavy (non-hydrogen) atoms. The Morgan fingerprint density at radius 1 is 1.03 bits per heavy atom. The number of para-hydroxylation sites is 1. The average molecular weight is 402 g/mol. The second-order valence-corrected chi connectivity index (χ2v) is 7.21. The summed E-state index contributed by atoms with van der Waals surface area (Å²) in [6, 6.07) is 16.9. The van der Waals surface area contributed by atoms with Crippen molar-refractivity contribution in [1.29, 1.82) is 0 Å². The molecule has 0 saturated carbocycles. The number of carbonyl (C=O) groups is 1. The van der Waals surface area contributed by atoms with Crippen LogP contribution in [0.4, 0.5) is 17.3 Å². The predicted octanol–water partition coefficient (Wildman–Crippen LogP) is 3.20. The molecular formula is C22H22N6O2. The van der Waals surface area contributed by atoms with Crippen LogP contribution >= 0.6 is 0 Å². The maximum absolute atomic E-state index is 13.0. The number of benzene rings is 2. The Hall–Kier alpha value is -3.94. The van der Waals surface area contributed by atoms with Crippen molar-refractivity contribution >= 4 is 28.9 Å². The van der Waals surface area contributed by atoms with Gasteiger partial charge in [-0.3, -0.25) is 4.79 Å². The summed E-state index contributed by atoms with van der Waals surface area (Å²) >= 11 is 0. The van der Waals surface area contributed by atoms with Crippen LogP contribution in [0, 0.1) is 20.8 Å². The van der Waals surface area contributed by atoms with Crippen LogP contribution in [0.1, 0.15) is 16.8 Å². The van der Waals surface area contributed by atoms with Crippen molar-refractivity contribution in [3.8, 4) is 0 Å². The number of fused-ring (bicyclic) bond motifs is 1. The fourth-order valence-corrected chi connectivity index (χ4v) is 3.27. The van der Waals surface area contributed by atoms with Crippen LogP contribution in [0.25, 0.3) is 5.65 Å². The van der Waals surface area contributed by atoms with Crippen molar-refractivity contribution in [1.82, 2.24) is 19.2 Å². The third kappa shape index (κ3) is 3.93. The lowest BCUT2D eigenvalue weighted by Gasteiger charge is -2.08. The van der Waals surface area contributed by atoms with Crippen molar-refractivity contribution < 1.29 is 4.79 Å². The SMILES string of the molecule is Cc1ccc(NC(=O)Cn2nc3cc(C)nc(Nc4ccccc4)n3c2=O)c(C)c1. The van der Waals surface area contributed by atoms with E-state index in [2.05, 4.69) is 20.7 Å². The standard InChI is InChI=1S/C22H22N6O2/c1-14-9-10-18(15(2)11-14)25-20(29)13-27-22(30)28-19(26-27)12-16(3)23-21(28)24-17-7-5-4-6-8-17/h4-12H,13H2,1-3H3,(H,23,24)(H,25,29). The van der Waals surface area contributed by atoms with Gasteiger partial charge in [0.1, 0.15) is 6.54 Å². The van der Waals surface area contributed by atoms with Crippen LogP contribution in [0.2, 0.25) is 0 Å². The lowest BCUT2D eigenvalue weighted by Crippen LogP contribution is -2.29. The molecule has 2 aromatic carbocycles. The summed E-state index contributed by atoms with van der Waals surface area (Å²) in [6.07, 6.45) is 0. The van der Waals surface area contributed by atoms with E-state index in [1.54, 1.807) is 6.07 Å². The summed E-state index contributed by atoms with van der Waals surface area (Å²) in [7, 11) is 0. The molecule has 0 aliphatic heterocycles. The number of carbonyl (C=O) groups excluding carboxylic acids is 1. The Kier molecular flexibility index (Phi) is 5.05. The van der Waals surface area contributed by atoms with E-state index in [4.69, 9.17) is 0 Å². The summed E-state index contributed by atoms with van der Waals surface area (Å²) in [6.45, 7) is 5.55. The van der Waals surface area contributed by atoms with E-state index in [1.165, 1.54) is 4.40 Å². The Labute approximate surface area is 173 Å². The second-order valence-electron chi connectivity index (χ2n) is 7.21. The van der Waals surface area contributed by atoms with Crippen molar-refractivity contribution in [2.24, 2.45) is 0 Å². The first-order chi connectivity index (χ1) is 14.4. The monoisotopic (exact) mass is 402 g/mol. The van der Waals surface area contributed by atoms with Gasteiger partial charge in [-0.1, -0.05) is 35.9 Å². The minimum absolute atomic E-state index is 0.197. The van der Waals surface area contributed by atoms with Gasteiger partial charge in [0.15, 0.2) is 5.65 Å². The molecule has 152 valence electrons. The molecule has 0 radical (unpaired) electrons. The first kappa shape index (κ1) is 19.4. The Bertz CT molecular complexity index is 1290. The van der Waals surface area contributed by atoms with Crippen molar-refractivity contribution in [3.05, 3.63) is 81.9 Å². The predicted molar refractivity (Wildman–Crippen MR) is 116 cm³/mol. The Morgan fingerprint density at radius 3 is 2.53 bits per heavy atom. The molecule has 4 rings (SSSR count). The molecule has 8 nitrogen and oxygen atoms in total. The number of hydrogen-bond donors (Lipinski definition) is 2. The molecule has 0 fully saturated rings. The van der Waals surface area contributed by atoms with E-state index >= 15 is 0 Å². The third-order valence-electron chi connectivity index (χ3n) is 4.68. The van der Waals surface area contributed by atoms with Gasteiger partial charge in [0.05, 0.1) is 0 Å². The number of hydrogen-bond acceptors (Lipinski definition) is 5. The van der Waals surface area contributed by atoms with Crippen LogP contribution in [0.15, 0.2) is 59.4 Å². The number of nitrogens with one attached hydrogen (secondary N) is 2. The van der Waals surface area contributed by atoms with Crippen LogP contribution in [-0.4, -0.2) is 25.1 Å². The summed E-state index contributed by atoms with van der Waals surface area (Å²) in [5.74, 6) is 0.0250. The largest absolute Gasteiger partial charge is 0.353 e. The second kappa shape index (κ2) is 7.82. The Morgan fingerprint density at radius 2 is 1.80 bits per heavy atom. The maximum Gasteiger partial charge on any atom is 0.353 e. The lowest BCUT2D eigenvalue weighted by atomic mass is 10.1. The van der Waals surface area contributed by atoms with E-state index in [1.807, 2.05) is 69.3 Å². The topological polar surface area (TPSA) is 93.3 Å². The zero-order chi connectivity index (χ0) is 21.3. The molecule has 0 atom stereocenters. The van der Waals surface area contributed by atoms with Gasteiger partial charge < -0.3 is 10.6 Å². The van der Waals surface area contributed by atoms with Gasteiger partial charge in [-0.25, -0.2) is 18.9 Å². The summed E-state index contributed by atoms with van der Waals surface area (Å²) in [5, 5.41) is 10.3. The molecule has 0 aliphatic rings. The quantitative estimate of drug-likeness (QED) is 0.535. The zero-order valence-electron chi connectivity index (χ0n) is 17.0. The number of anilines is 3. The number of rotatable bonds is 5. The third-order valence-corrected chi connectivity index (χ3v) is 4.68. The van der Waals surface area contributed by atoms with Gasteiger partial charge in [-0.2, -0.15) is 0 Å². The first-order valence-electron chi connectivity index (χ1n) is 9.57. The molecule has 0 aliphatic carbocycles. The number of nitrogens with zero attached hydrogens (tertiary/aromatic N) is 4. The summed E-state index contributed by atoms with van der Waals surface area (Å²) in [4.78, 5) is 29.9. The molecule has 2 aromatic heterocycles. The molecule has 8 heteroatoms. The number of aryl methyl sites for hydroxylation is 3. The molecule has 1 amide bonds. The zero-order valence-corrected chi connectivity index (χ0v) is 17.0. The molecule has 4 aromatic rings. The number of amides is 1. The highest BCUT2D eigenvalue weighted by atomic mass is 16.2. The van der Waals surface area contributed by atoms with Gasteiger partial charge in [0.2, 0.25) is 11.9 Å². The van der Waals surface area contributed by atoms with Crippen LogP contribution in [-0.2, 0) is 11.3 Å². The first-order valence-corrected chi connectivity index (χ1v) is 9.57.